The Morgan fingerprint density at radius 3 is 2.69 bits per heavy atom. The van der Waals surface area contributed by atoms with Crippen molar-refractivity contribution in [1.82, 2.24) is 4.90 Å². The standard InChI is InChI=1S/C10H13NOS/c1-8-6-9(13-7-8)10(12)11-4-2-3-5-11/h6-7H,2-5H2,1H3. The van der Waals surface area contributed by atoms with Crippen LogP contribution in [0.15, 0.2) is 11.4 Å². The van der Waals surface area contributed by atoms with Crippen LogP contribution in [0.5, 0.6) is 0 Å². The van der Waals surface area contributed by atoms with E-state index in [-0.39, 0.29) is 5.91 Å². The highest BCUT2D eigenvalue weighted by Crippen LogP contribution is 2.18. The number of amides is 1. The van der Waals surface area contributed by atoms with Gasteiger partial charge in [-0.05, 0) is 36.8 Å². The molecule has 0 radical (unpaired) electrons. The van der Waals surface area contributed by atoms with Crippen molar-refractivity contribution in [2.24, 2.45) is 0 Å². The molecule has 2 rings (SSSR count). The number of hydrogen-bond acceptors (Lipinski definition) is 2. The third kappa shape index (κ3) is 1.75. The van der Waals surface area contributed by atoms with E-state index in [9.17, 15) is 4.79 Å². The summed E-state index contributed by atoms with van der Waals surface area (Å²) >= 11 is 1.55. The molecule has 0 aliphatic carbocycles. The van der Waals surface area contributed by atoms with Gasteiger partial charge in [0.2, 0.25) is 0 Å². The maximum Gasteiger partial charge on any atom is 0.263 e. The van der Waals surface area contributed by atoms with Crippen molar-refractivity contribution in [1.29, 1.82) is 0 Å². The van der Waals surface area contributed by atoms with Gasteiger partial charge in [-0.2, -0.15) is 0 Å². The topological polar surface area (TPSA) is 20.3 Å². The van der Waals surface area contributed by atoms with Crippen molar-refractivity contribution in [3.63, 3.8) is 0 Å². The molecule has 1 saturated heterocycles. The fourth-order valence-corrected chi connectivity index (χ4v) is 2.48. The predicted molar refractivity (Wildman–Crippen MR) is 54.2 cm³/mol. The summed E-state index contributed by atoms with van der Waals surface area (Å²) in [5.74, 6) is 0.218. The van der Waals surface area contributed by atoms with Gasteiger partial charge in [0.05, 0.1) is 4.88 Å². The third-order valence-electron chi connectivity index (χ3n) is 2.33. The Morgan fingerprint density at radius 1 is 1.46 bits per heavy atom. The summed E-state index contributed by atoms with van der Waals surface area (Å²) in [6.07, 6.45) is 2.33. The van der Waals surface area contributed by atoms with Crippen LogP contribution >= 0.6 is 11.3 Å². The predicted octanol–water partition coefficient (Wildman–Crippen LogP) is 2.29. The Labute approximate surface area is 82.2 Å². The number of nitrogens with zero attached hydrogens (tertiary/aromatic N) is 1. The number of carbonyl (C=O) groups excluding carboxylic acids is 1. The molecule has 13 heavy (non-hydrogen) atoms. The van der Waals surface area contributed by atoms with Gasteiger partial charge in [0.1, 0.15) is 0 Å². The van der Waals surface area contributed by atoms with Crippen molar-refractivity contribution in [3.8, 4) is 0 Å². The van der Waals surface area contributed by atoms with Crippen molar-refractivity contribution < 1.29 is 4.79 Å². The second-order valence-electron chi connectivity index (χ2n) is 3.49. The fraction of sp³-hybridized carbons (Fsp3) is 0.500. The number of carbonyl (C=O) groups is 1. The summed E-state index contributed by atoms with van der Waals surface area (Å²) in [6, 6.07) is 1.98. The van der Waals surface area contributed by atoms with Gasteiger partial charge in [0.15, 0.2) is 0 Å². The molecule has 0 atom stereocenters. The molecule has 1 aliphatic heterocycles. The average Bonchev–Trinajstić information content (AvgIpc) is 2.72. The summed E-state index contributed by atoms with van der Waals surface area (Å²) in [5.41, 5.74) is 1.19. The second-order valence-corrected chi connectivity index (χ2v) is 4.40. The summed E-state index contributed by atoms with van der Waals surface area (Å²) in [6.45, 7) is 3.91. The molecule has 1 aromatic heterocycles. The van der Waals surface area contributed by atoms with Crippen molar-refractivity contribution in [2.45, 2.75) is 19.8 Å². The molecular formula is C10H13NOS. The van der Waals surface area contributed by atoms with E-state index in [0.29, 0.717) is 0 Å². The molecule has 2 heterocycles. The lowest BCUT2D eigenvalue weighted by molar-refractivity contribution is 0.0797. The summed E-state index contributed by atoms with van der Waals surface area (Å²) in [7, 11) is 0. The SMILES string of the molecule is Cc1csc(C(=O)N2CCCC2)c1. The van der Waals surface area contributed by atoms with Crippen molar-refractivity contribution in [3.05, 3.63) is 21.9 Å². The van der Waals surface area contributed by atoms with Crippen LogP contribution in [0.1, 0.15) is 28.1 Å². The van der Waals surface area contributed by atoms with Crippen LogP contribution in [0.4, 0.5) is 0 Å². The summed E-state index contributed by atoms with van der Waals surface area (Å²) < 4.78 is 0. The molecule has 70 valence electrons. The number of thiophene rings is 1. The first-order valence-corrected chi connectivity index (χ1v) is 5.50. The van der Waals surface area contributed by atoms with Crippen LogP contribution < -0.4 is 0 Å². The zero-order valence-corrected chi connectivity index (χ0v) is 8.56. The van der Waals surface area contributed by atoms with Crippen LogP contribution in [-0.4, -0.2) is 23.9 Å². The van der Waals surface area contributed by atoms with Crippen LogP contribution in [0.25, 0.3) is 0 Å². The molecule has 3 heteroatoms. The number of aryl methyl sites for hydroxylation is 1. The van der Waals surface area contributed by atoms with Crippen LogP contribution in [-0.2, 0) is 0 Å². The monoisotopic (exact) mass is 195 g/mol. The maximum atomic E-state index is 11.8. The molecule has 1 fully saturated rings. The van der Waals surface area contributed by atoms with Crippen LogP contribution in [0.3, 0.4) is 0 Å². The average molecular weight is 195 g/mol. The Morgan fingerprint density at radius 2 is 2.15 bits per heavy atom. The molecule has 0 spiro atoms. The van der Waals surface area contributed by atoms with E-state index in [1.54, 1.807) is 11.3 Å². The molecule has 0 bridgehead atoms. The summed E-state index contributed by atoms with van der Waals surface area (Å²) in [5, 5.41) is 2.03. The Hall–Kier alpha value is -0.830. The number of rotatable bonds is 1. The minimum absolute atomic E-state index is 0.218. The minimum Gasteiger partial charge on any atom is -0.338 e. The van der Waals surface area contributed by atoms with Gasteiger partial charge in [-0.15, -0.1) is 11.3 Å². The van der Waals surface area contributed by atoms with Gasteiger partial charge < -0.3 is 4.90 Å². The Kier molecular flexibility index (Phi) is 2.36. The minimum atomic E-state index is 0.218. The number of likely N-dealkylation sites (tertiary alicyclic amines) is 1. The van der Waals surface area contributed by atoms with Gasteiger partial charge in [-0.25, -0.2) is 0 Å². The van der Waals surface area contributed by atoms with Crippen molar-refractivity contribution in [2.75, 3.05) is 13.1 Å². The smallest absolute Gasteiger partial charge is 0.263 e. The molecular weight excluding hydrogens is 182 g/mol. The van der Waals surface area contributed by atoms with Crippen LogP contribution in [0.2, 0.25) is 0 Å². The van der Waals surface area contributed by atoms with Crippen LogP contribution in [0, 0.1) is 6.92 Å². The molecule has 0 saturated carbocycles. The van der Waals surface area contributed by atoms with Gasteiger partial charge in [0, 0.05) is 13.1 Å². The zero-order valence-electron chi connectivity index (χ0n) is 7.75. The van der Waals surface area contributed by atoms with Gasteiger partial charge >= 0.3 is 0 Å². The molecule has 2 nitrogen and oxygen atoms in total. The maximum absolute atomic E-state index is 11.8. The van der Waals surface area contributed by atoms with E-state index in [0.717, 1.165) is 30.8 Å². The van der Waals surface area contributed by atoms with E-state index < -0.39 is 0 Å². The lowest BCUT2D eigenvalue weighted by Crippen LogP contribution is -2.26. The molecule has 0 N–H and O–H groups in total. The zero-order chi connectivity index (χ0) is 9.26. The fourth-order valence-electron chi connectivity index (χ4n) is 1.62. The van der Waals surface area contributed by atoms with E-state index >= 15 is 0 Å². The van der Waals surface area contributed by atoms with E-state index in [1.807, 2.05) is 23.3 Å². The highest BCUT2D eigenvalue weighted by atomic mass is 32.1. The Bertz CT molecular complexity index is 312. The summed E-state index contributed by atoms with van der Waals surface area (Å²) in [4.78, 5) is 14.6. The molecule has 1 aromatic rings. The first kappa shape index (κ1) is 8.75. The second kappa shape index (κ2) is 3.50. The molecule has 0 aromatic carbocycles. The Balaban J connectivity index is 2.12. The normalized spacial score (nSPS) is 16.5. The van der Waals surface area contributed by atoms with E-state index in [2.05, 4.69) is 0 Å². The molecule has 1 aliphatic rings. The highest BCUT2D eigenvalue weighted by molar-refractivity contribution is 7.12. The molecule has 1 amide bonds. The van der Waals surface area contributed by atoms with Gasteiger partial charge in [0.25, 0.3) is 5.91 Å². The van der Waals surface area contributed by atoms with Crippen molar-refractivity contribution >= 4 is 17.2 Å². The number of hydrogen-bond donors (Lipinski definition) is 0. The van der Waals surface area contributed by atoms with Gasteiger partial charge in [-0.3, -0.25) is 4.79 Å². The van der Waals surface area contributed by atoms with E-state index in [1.165, 1.54) is 5.56 Å². The van der Waals surface area contributed by atoms with Gasteiger partial charge in [-0.1, -0.05) is 0 Å². The molecule has 0 unspecified atom stereocenters. The van der Waals surface area contributed by atoms with E-state index in [4.69, 9.17) is 0 Å². The lowest BCUT2D eigenvalue weighted by Gasteiger charge is -2.13. The quantitative estimate of drug-likeness (QED) is 0.673. The highest BCUT2D eigenvalue weighted by Gasteiger charge is 2.20. The lowest BCUT2D eigenvalue weighted by atomic mass is 10.3. The third-order valence-corrected chi connectivity index (χ3v) is 3.37. The largest absolute Gasteiger partial charge is 0.338 e. The first-order valence-electron chi connectivity index (χ1n) is 4.62. The first-order chi connectivity index (χ1) is 6.27.